The minimum atomic E-state index is -0.707. The third-order valence-corrected chi connectivity index (χ3v) is 8.30. The summed E-state index contributed by atoms with van der Waals surface area (Å²) in [7, 11) is 0. The van der Waals surface area contributed by atoms with E-state index in [-0.39, 0.29) is 12.2 Å². The Hall–Kier alpha value is -3.73. The van der Waals surface area contributed by atoms with Gasteiger partial charge < -0.3 is 18.8 Å². The molecule has 40 heavy (non-hydrogen) atoms. The predicted octanol–water partition coefficient (Wildman–Crippen LogP) is 4.13. The van der Waals surface area contributed by atoms with Crippen LogP contribution in [0.5, 0.6) is 0 Å². The highest BCUT2D eigenvalue weighted by Gasteiger charge is 2.35. The monoisotopic (exact) mass is 619 g/mol. The van der Waals surface area contributed by atoms with Crippen molar-refractivity contribution in [1.29, 1.82) is 0 Å². The van der Waals surface area contributed by atoms with Crippen molar-refractivity contribution in [3.8, 4) is 0 Å². The maximum absolute atomic E-state index is 14.0. The molecule has 0 bridgehead atoms. The van der Waals surface area contributed by atoms with Crippen LogP contribution in [-0.4, -0.2) is 43.4 Å². The molecule has 0 radical (unpaired) electrons. The van der Waals surface area contributed by atoms with E-state index in [9.17, 15) is 9.59 Å². The topological polar surface area (TPSA) is 86.3 Å². The van der Waals surface area contributed by atoms with Gasteiger partial charge in [-0.15, -0.1) is 0 Å². The van der Waals surface area contributed by atoms with E-state index in [0.717, 1.165) is 28.7 Å². The van der Waals surface area contributed by atoms with Gasteiger partial charge in [0.15, 0.2) is 4.80 Å². The quantitative estimate of drug-likeness (QED) is 0.302. The van der Waals surface area contributed by atoms with Crippen LogP contribution >= 0.6 is 27.3 Å². The minimum Gasteiger partial charge on any atom is -0.463 e. The molecule has 1 saturated heterocycles. The summed E-state index contributed by atoms with van der Waals surface area (Å²) in [6.45, 7) is 4.68. The van der Waals surface area contributed by atoms with Gasteiger partial charge in [-0.3, -0.25) is 9.36 Å². The first-order valence-corrected chi connectivity index (χ1v) is 14.6. The molecule has 8 nitrogen and oxygen atoms in total. The van der Waals surface area contributed by atoms with Crippen LogP contribution in [0.2, 0.25) is 0 Å². The molecule has 10 heteroatoms. The van der Waals surface area contributed by atoms with Crippen molar-refractivity contribution in [2.24, 2.45) is 4.99 Å². The number of esters is 1. The third-order valence-electron chi connectivity index (χ3n) is 6.75. The number of hydrogen-bond donors (Lipinski definition) is 0. The number of fused-ring (bicyclic) bond motifs is 1. The number of thiazole rings is 1. The van der Waals surface area contributed by atoms with Crippen LogP contribution < -0.4 is 19.8 Å². The smallest absolute Gasteiger partial charge is 0.338 e. The molecule has 0 saturated carbocycles. The lowest BCUT2D eigenvalue weighted by atomic mass is 9.93. The van der Waals surface area contributed by atoms with Crippen LogP contribution in [0.15, 0.2) is 91.0 Å². The summed E-state index contributed by atoms with van der Waals surface area (Å²) < 4.78 is 20.0. The first-order chi connectivity index (χ1) is 19.5. The molecule has 0 N–H and O–H groups in total. The lowest BCUT2D eigenvalue weighted by Crippen LogP contribution is -2.39. The number of anilines is 1. The first kappa shape index (κ1) is 26.5. The number of morpholine rings is 1. The summed E-state index contributed by atoms with van der Waals surface area (Å²) in [6.07, 6.45) is 1.73. The number of aromatic nitrogens is 1. The molecular weight excluding hydrogens is 594 g/mol. The predicted molar refractivity (Wildman–Crippen MR) is 157 cm³/mol. The van der Waals surface area contributed by atoms with Crippen LogP contribution in [0, 0.1) is 0 Å². The normalized spacial score (nSPS) is 17.5. The Morgan fingerprint density at radius 2 is 1.82 bits per heavy atom. The fourth-order valence-corrected chi connectivity index (χ4v) is 6.49. The Bertz CT molecular complexity index is 1750. The second kappa shape index (κ2) is 11.4. The Kier molecular flexibility index (Phi) is 7.55. The molecule has 4 aromatic rings. The third kappa shape index (κ3) is 4.98. The summed E-state index contributed by atoms with van der Waals surface area (Å²) in [4.78, 5) is 35.0. The Balaban J connectivity index is 1.55. The van der Waals surface area contributed by atoms with Gasteiger partial charge in [0, 0.05) is 30.8 Å². The van der Waals surface area contributed by atoms with Gasteiger partial charge in [-0.05, 0) is 28.4 Å². The van der Waals surface area contributed by atoms with Crippen molar-refractivity contribution in [1.82, 2.24) is 4.57 Å². The zero-order valence-corrected chi connectivity index (χ0v) is 24.1. The van der Waals surface area contributed by atoms with E-state index < -0.39 is 12.0 Å². The Morgan fingerprint density at radius 1 is 1.12 bits per heavy atom. The van der Waals surface area contributed by atoms with E-state index >= 15 is 0 Å². The SMILES string of the molecule is CCOC(=O)C1=C(c2ccccc2)N=c2s/c(=C/c3cc(Br)c(N4CCOCC4)o3)c(=O)n2[C@H]1c1ccccc1. The molecule has 2 aromatic heterocycles. The fourth-order valence-electron chi connectivity index (χ4n) is 4.95. The molecule has 1 atom stereocenters. The summed E-state index contributed by atoms with van der Waals surface area (Å²) in [5, 5.41) is 0. The average molecular weight is 621 g/mol. The molecule has 0 amide bonds. The number of ether oxygens (including phenoxy) is 2. The van der Waals surface area contributed by atoms with Crippen molar-refractivity contribution >= 4 is 50.9 Å². The Morgan fingerprint density at radius 3 is 2.52 bits per heavy atom. The summed E-state index contributed by atoms with van der Waals surface area (Å²) >= 11 is 4.87. The fraction of sp³-hybridized carbons (Fsp3) is 0.233. The maximum atomic E-state index is 14.0. The number of furan rings is 1. The van der Waals surface area contributed by atoms with E-state index in [0.29, 0.717) is 45.5 Å². The van der Waals surface area contributed by atoms with E-state index in [2.05, 4.69) is 20.8 Å². The van der Waals surface area contributed by atoms with E-state index in [1.165, 1.54) is 11.3 Å². The van der Waals surface area contributed by atoms with Gasteiger partial charge in [0.2, 0.25) is 5.88 Å². The molecule has 0 aliphatic carbocycles. The lowest BCUT2D eigenvalue weighted by Gasteiger charge is -2.26. The summed E-state index contributed by atoms with van der Waals surface area (Å²) in [5.41, 5.74) is 2.13. The molecule has 0 spiro atoms. The van der Waals surface area contributed by atoms with Crippen molar-refractivity contribution in [3.63, 3.8) is 0 Å². The summed E-state index contributed by atoms with van der Waals surface area (Å²) in [5.74, 6) is 0.751. The van der Waals surface area contributed by atoms with Crippen LogP contribution in [-0.2, 0) is 14.3 Å². The van der Waals surface area contributed by atoms with Crippen LogP contribution in [0.3, 0.4) is 0 Å². The number of carbonyl (C=O) groups excluding carboxylic acids is 1. The van der Waals surface area contributed by atoms with Crippen LogP contribution in [0.1, 0.15) is 29.9 Å². The molecule has 1 fully saturated rings. The number of hydrogen-bond acceptors (Lipinski definition) is 8. The number of benzene rings is 2. The molecule has 2 aliphatic heterocycles. The van der Waals surface area contributed by atoms with Crippen LogP contribution in [0.25, 0.3) is 11.8 Å². The van der Waals surface area contributed by atoms with Crippen molar-refractivity contribution < 1.29 is 18.7 Å². The molecule has 2 aromatic carbocycles. The first-order valence-electron chi connectivity index (χ1n) is 13.0. The molecule has 4 heterocycles. The second-order valence-corrected chi connectivity index (χ2v) is 11.1. The highest BCUT2D eigenvalue weighted by atomic mass is 79.9. The van der Waals surface area contributed by atoms with Gasteiger partial charge in [-0.2, -0.15) is 0 Å². The van der Waals surface area contributed by atoms with E-state index in [4.69, 9.17) is 18.9 Å². The highest BCUT2D eigenvalue weighted by Crippen LogP contribution is 2.35. The zero-order valence-electron chi connectivity index (χ0n) is 21.7. The van der Waals surface area contributed by atoms with E-state index in [1.807, 2.05) is 66.7 Å². The van der Waals surface area contributed by atoms with Gasteiger partial charge >= 0.3 is 5.97 Å². The number of rotatable bonds is 6. The molecule has 204 valence electrons. The van der Waals surface area contributed by atoms with E-state index in [1.54, 1.807) is 17.6 Å². The summed E-state index contributed by atoms with van der Waals surface area (Å²) in [6, 6.07) is 20.2. The molecule has 0 unspecified atom stereocenters. The lowest BCUT2D eigenvalue weighted by molar-refractivity contribution is -0.138. The second-order valence-electron chi connectivity index (χ2n) is 9.24. The largest absolute Gasteiger partial charge is 0.463 e. The van der Waals surface area contributed by atoms with Gasteiger partial charge in [-0.25, -0.2) is 9.79 Å². The van der Waals surface area contributed by atoms with Gasteiger partial charge in [0.25, 0.3) is 5.56 Å². The molecule has 6 rings (SSSR count). The van der Waals surface area contributed by atoms with Gasteiger partial charge in [0.05, 0.1) is 46.1 Å². The number of halogens is 1. The number of carbonyl (C=O) groups is 1. The maximum Gasteiger partial charge on any atom is 0.338 e. The van der Waals surface area contributed by atoms with Crippen molar-refractivity contribution in [2.45, 2.75) is 13.0 Å². The standard InChI is InChI=1S/C30H26BrN3O5S/c1-2-38-29(36)24-25(19-9-5-3-6-10-19)32-30-34(26(24)20-11-7-4-8-12-20)27(35)23(40-30)18-21-17-22(31)28(39-21)33-13-15-37-16-14-33/h3-12,17-18,26H,2,13-16H2,1H3/b23-18+/t26-/m0/s1. The van der Waals surface area contributed by atoms with Gasteiger partial charge in [0.1, 0.15) is 5.76 Å². The average Bonchev–Trinajstić information content (AvgIpc) is 3.51. The molecule has 2 aliphatic rings. The Labute approximate surface area is 242 Å². The van der Waals surface area contributed by atoms with Crippen LogP contribution in [0.4, 0.5) is 5.88 Å². The molecular formula is C30H26BrN3O5S. The van der Waals surface area contributed by atoms with Crippen molar-refractivity contribution in [2.75, 3.05) is 37.8 Å². The zero-order chi connectivity index (χ0) is 27.6. The van der Waals surface area contributed by atoms with Gasteiger partial charge in [-0.1, -0.05) is 72.0 Å². The van der Waals surface area contributed by atoms with Crippen molar-refractivity contribution in [3.05, 3.63) is 113 Å². The minimum absolute atomic E-state index is 0.204. The highest BCUT2D eigenvalue weighted by molar-refractivity contribution is 9.10. The number of nitrogens with zero attached hydrogens (tertiary/aromatic N) is 3.